The molecule has 1 aromatic carbocycles. The molecule has 0 aromatic heterocycles. The smallest absolute Gasteiger partial charge is 0.309 e. The molecule has 20 heavy (non-hydrogen) atoms. The van der Waals surface area contributed by atoms with Gasteiger partial charge in [0.15, 0.2) is 0 Å². The number of hydrogen-bond donors (Lipinski definition) is 1. The van der Waals surface area contributed by atoms with Crippen LogP contribution in [-0.4, -0.2) is 24.4 Å². The van der Waals surface area contributed by atoms with Crippen molar-refractivity contribution in [3.63, 3.8) is 0 Å². The molecule has 108 valence electrons. The largest absolute Gasteiger partial charge is 0.466 e. The zero-order valence-corrected chi connectivity index (χ0v) is 12.2. The second-order valence-corrected chi connectivity index (χ2v) is 4.40. The zero-order chi connectivity index (χ0) is 14.8. The average molecular weight is 296 g/mol. The Labute approximate surface area is 123 Å². The van der Waals surface area contributed by atoms with Crippen molar-refractivity contribution in [1.29, 1.82) is 0 Å². The number of benzene rings is 1. The van der Waals surface area contributed by atoms with E-state index in [1.165, 1.54) is 0 Å². The SMILES string of the molecule is CCOC(=O)CC=Cc1ccc(NC(=O)CCCl)cc1. The van der Waals surface area contributed by atoms with Crippen LogP contribution in [0, 0.1) is 0 Å². The summed E-state index contributed by atoms with van der Waals surface area (Å²) in [7, 11) is 0. The first kappa shape index (κ1) is 16.2. The Morgan fingerprint density at radius 1 is 1.30 bits per heavy atom. The van der Waals surface area contributed by atoms with Crippen LogP contribution >= 0.6 is 11.6 Å². The third kappa shape index (κ3) is 6.38. The lowest BCUT2D eigenvalue weighted by atomic mass is 10.2. The first-order chi connectivity index (χ1) is 9.65. The normalized spacial score (nSPS) is 10.5. The molecule has 0 bridgehead atoms. The van der Waals surface area contributed by atoms with Crippen molar-refractivity contribution < 1.29 is 14.3 Å². The summed E-state index contributed by atoms with van der Waals surface area (Å²) >= 11 is 5.49. The Balaban J connectivity index is 2.48. The Morgan fingerprint density at radius 2 is 2.00 bits per heavy atom. The van der Waals surface area contributed by atoms with Gasteiger partial charge in [0.25, 0.3) is 0 Å². The summed E-state index contributed by atoms with van der Waals surface area (Å²) in [4.78, 5) is 22.5. The lowest BCUT2D eigenvalue weighted by Crippen LogP contribution is -2.11. The molecule has 0 aliphatic rings. The quantitative estimate of drug-likeness (QED) is 0.621. The molecular weight excluding hydrogens is 278 g/mol. The van der Waals surface area contributed by atoms with Gasteiger partial charge in [0, 0.05) is 18.0 Å². The highest BCUT2D eigenvalue weighted by molar-refractivity contribution is 6.19. The summed E-state index contributed by atoms with van der Waals surface area (Å²) in [5, 5.41) is 2.74. The Bertz CT molecular complexity index is 469. The molecule has 0 heterocycles. The lowest BCUT2D eigenvalue weighted by Gasteiger charge is -2.04. The summed E-state index contributed by atoms with van der Waals surface area (Å²) < 4.78 is 4.82. The van der Waals surface area contributed by atoms with Crippen LogP contribution in [0.3, 0.4) is 0 Å². The zero-order valence-electron chi connectivity index (χ0n) is 11.4. The predicted molar refractivity (Wildman–Crippen MR) is 80.7 cm³/mol. The molecule has 1 aromatic rings. The van der Waals surface area contributed by atoms with E-state index >= 15 is 0 Å². The van der Waals surface area contributed by atoms with E-state index in [0.29, 0.717) is 18.9 Å². The number of hydrogen-bond acceptors (Lipinski definition) is 3. The van der Waals surface area contributed by atoms with Crippen LogP contribution in [0.1, 0.15) is 25.3 Å². The van der Waals surface area contributed by atoms with E-state index in [1.807, 2.05) is 18.2 Å². The van der Waals surface area contributed by atoms with Crippen molar-refractivity contribution in [2.45, 2.75) is 19.8 Å². The second-order valence-electron chi connectivity index (χ2n) is 4.02. The van der Waals surface area contributed by atoms with Gasteiger partial charge < -0.3 is 10.1 Å². The minimum Gasteiger partial charge on any atom is -0.466 e. The predicted octanol–water partition coefficient (Wildman–Crippen LogP) is 3.22. The van der Waals surface area contributed by atoms with Gasteiger partial charge >= 0.3 is 5.97 Å². The van der Waals surface area contributed by atoms with Crippen molar-refractivity contribution in [2.75, 3.05) is 17.8 Å². The Morgan fingerprint density at radius 3 is 2.60 bits per heavy atom. The summed E-state index contributed by atoms with van der Waals surface area (Å²) in [5.74, 6) is -0.0418. The summed E-state index contributed by atoms with van der Waals surface area (Å²) in [6.07, 6.45) is 4.13. The molecule has 0 atom stereocenters. The second kappa shape index (κ2) is 9.15. The average Bonchev–Trinajstić information content (AvgIpc) is 2.41. The highest BCUT2D eigenvalue weighted by Gasteiger charge is 2.00. The maximum absolute atomic E-state index is 11.3. The van der Waals surface area contributed by atoms with Crippen molar-refractivity contribution >= 4 is 35.2 Å². The van der Waals surface area contributed by atoms with E-state index in [9.17, 15) is 9.59 Å². The van der Waals surface area contributed by atoms with Gasteiger partial charge in [-0.25, -0.2) is 0 Å². The molecule has 0 spiro atoms. The fraction of sp³-hybridized carbons (Fsp3) is 0.333. The van der Waals surface area contributed by atoms with Gasteiger partial charge in [0.2, 0.25) is 5.91 Å². The van der Waals surface area contributed by atoms with E-state index in [0.717, 1.165) is 11.3 Å². The van der Waals surface area contributed by atoms with Gasteiger partial charge in [0.1, 0.15) is 0 Å². The molecule has 1 amide bonds. The van der Waals surface area contributed by atoms with Crippen molar-refractivity contribution in [1.82, 2.24) is 0 Å². The number of amides is 1. The van der Waals surface area contributed by atoms with E-state index in [2.05, 4.69) is 5.32 Å². The van der Waals surface area contributed by atoms with Crippen LogP contribution in [-0.2, 0) is 14.3 Å². The highest BCUT2D eigenvalue weighted by Crippen LogP contribution is 2.11. The molecule has 0 fully saturated rings. The minimum absolute atomic E-state index is 0.106. The van der Waals surface area contributed by atoms with Crippen LogP contribution in [0.15, 0.2) is 30.3 Å². The fourth-order valence-electron chi connectivity index (χ4n) is 1.50. The van der Waals surface area contributed by atoms with Crippen LogP contribution in [0.25, 0.3) is 6.08 Å². The molecule has 0 saturated heterocycles. The van der Waals surface area contributed by atoms with E-state index < -0.39 is 0 Å². The number of anilines is 1. The van der Waals surface area contributed by atoms with Gasteiger partial charge in [-0.05, 0) is 24.6 Å². The molecular formula is C15H18ClNO3. The summed E-state index contributed by atoms with van der Waals surface area (Å²) in [6, 6.07) is 7.32. The van der Waals surface area contributed by atoms with Gasteiger partial charge in [-0.3, -0.25) is 9.59 Å². The number of ether oxygens (including phenoxy) is 1. The van der Waals surface area contributed by atoms with E-state index in [4.69, 9.17) is 16.3 Å². The first-order valence-electron chi connectivity index (χ1n) is 6.43. The summed E-state index contributed by atoms with van der Waals surface area (Å²) in [6.45, 7) is 2.17. The molecule has 1 rings (SSSR count). The molecule has 0 aliphatic heterocycles. The van der Waals surface area contributed by atoms with Crippen molar-refractivity contribution in [2.24, 2.45) is 0 Å². The number of esters is 1. The molecule has 4 nitrogen and oxygen atoms in total. The van der Waals surface area contributed by atoms with Crippen LogP contribution in [0.2, 0.25) is 0 Å². The van der Waals surface area contributed by atoms with Gasteiger partial charge in [-0.15, -0.1) is 11.6 Å². The number of carbonyl (C=O) groups is 2. The lowest BCUT2D eigenvalue weighted by molar-refractivity contribution is -0.142. The number of carbonyl (C=O) groups excluding carboxylic acids is 2. The Kier molecular flexibility index (Phi) is 7.43. The third-order valence-corrected chi connectivity index (χ3v) is 2.61. The monoisotopic (exact) mass is 295 g/mol. The number of halogens is 1. The van der Waals surface area contributed by atoms with Crippen LogP contribution in [0.4, 0.5) is 5.69 Å². The standard InChI is InChI=1S/C15H18ClNO3/c1-2-20-15(19)5-3-4-12-6-8-13(9-7-12)17-14(18)10-11-16/h3-4,6-9H,2,5,10-11H2,1H3,(H,17,18). The maximum atomic E-state index is 11.3. The number of alkyl halides is 1. The Hall–Kier alpha value is -1.81. The summed E-state index contributed by atoms with van der Waals surface area (Å²) in [5.41, 5.74) is 1.67. The van der Waals surface area contributed by atoms with Crippen molar-refractivity contribution in [3.05, 3.63) is 35.9 Å². The van der Waals surface area contributed by atoms with Gasteiger partial charge in [0.05, 0.1) is 13.0 Å². The maximum Gasteiger partial charge on any atom is 0.309 e. The van der Waals surface area contributed by atoms with Crippen LogP contribution < -0.4 is 5.32 Å². The van der Waals surface area contributed by atoms with E-state index in [-0.39, 0.29) is 18.3 Å². The first-order valence-corrected chi connectivity index (χ1v) is 6.97. The van der Waals surface area contributed by atoms with Gasteiger partial charge in [-0.1, -0.05) is 24.3 Å². The molecule has 0 saturated carbocycles. The highest BCUT2D eigenvalue weighted by atomic mass is 35.5. The molecule has 0 radical (unpaired) electrons. The number of nitrogens with one attached hydrogen (secondary N) is 1. The van der Waals surface area contributed by atoms with E-state index in [1.54, 1.807) is 25.1 Å². The topological polar surface area (TPSA) is 55.4 Å². The molecule has 0 aliphatic carbocycles. The fourth-order valence-corrected chi connectivity index (χ4v) is 1.67. The van der Waals surface area contributed by atoms with Crippen molar-refractivity contribution in [3.8, 4) is 0 Å². The van der Waals surface area contributed by atoms with Crippen LogP contribution in [0.5, 0.6) is 0 Å². The third-order valence-electron chi connectivity index (χ3n) is 2.42. The molecule has 1 N–H and O–H groups in total. The molecule has 0 unspecified atom stereocenters. The minimum atomic E-state index is -0.242. The number of rotatable bonds is 7. The molecule has 5 heteroatoms. The van der Waals surface area contributed by atoms with Gasteiger partial charge in [-0.2, -0.15) is 0 Å².